The summed E-state index contributed by atoms with van der Waals surface area (Å²) < 4.78 is 0. The van der Waals surface area contributed by atoms with Gasteiger partial charge < -0.3 is 4.90 Å². The van der Waals surface area contributed by atoms with Crippen LogP contribution in [0.25, 0.3) is 0 Å². The Morgan fingerprint density at radius 2 is 2.06 bits per heavy atom. The van der Waals surface area contributed by atoms with E-state index in [0.717, 1.165) is 24.9 Å². The van der Waals surface area contributed by atoms with E-state index in [-0.39, 0.29) is 5.91 Å². The molecule has 0 aromatic heterocycles. The van der Waals surface area contributed by atoms with Gasteiger partial charge in [-0.15, -0.1) is 0 Å². The first-order chi connectivity index (χ1) is 8.58. The zero-order valence-corrected chi connectivity index (χ0v) is 11.8. The Kier molecular flexibility index (Phi) is 4.28. The van der Waals surface area contributed by atoms with E-state index >= 15 is 0 Å². The van der Waals surface area contributed by atoms with Gasteiger partial charge in [0.25, 0.3) is 0 Å². The van der Waals surface area contributed by atoms with Crippen molar-refractivity contribution in [2.75, 3.05) is 6.54 Å². The normalized spacial score (nSPS) is 14.9. The number of rotatable bonds is 5. The Balaban J connectivity index is 2.03. The summed E-state index contributed by atoms with van der Waals surface area (Å²) in [7, 11) is 0. The summed E-state index contributed by atoms with van der Waals surface area (Å²) in [6.07, 6.45) is 2.73. The average Bonchev–Trinajstić information content (AvgIpc) is 3.12. The van der Waals surface area contributed by atoms with Crippen molar-refractivity contribution in [1.82, 2.24) is 4.90 Å². The number of nitrogens with zero attached hydrogens (tertiary/aromatic N) is 1. The molecule has 1 aliphatic rings. The first kappa shape index (κ1) is 13.4. The molecule has 0 N–H and O–H groups in total. The highest BCUT2D eigenvalue weighted by Crippen LogP contribution is 2.28. The molecule has 0 spiro atoms. The van der Waals surface area contributed by atoms with E-state index in [1.165, 1.54) is 0 Å². The van der Waals surface area contributed by atoms with Crippen molar-refractivity contribution in [3.63, 3.8) is 0 Å². The van der Waals surface area contributed by atoms with E-state index < -0.39 is 0 Å². The number of benzene rings is 1. The second-order valence-electron chi connectivity index (χ2n) is 5.44. The first-order valence-corrected chi connectivity index (χ1v) is 6.98. The molecule has 0 atom stereocenters. The number of amides is 1. The molecule has 3 heteroatoms. The van der Waals surface area contributed by atoms with Crippen LogP contribution in [-0.2, 0) is 11.2 Å². The van der Waals surface area contributed by atoms with Crippen LogP contribution in [0, 0.1) is 5.92 Å². The minimum atomic E-state index is 0.208. The van der Waals surface area contributed by atoms with Crippen LogP contribution in [0.4, 0.5) is 0 Å². The number of hydrogen-bond donors (Lipinski definition) is 0. The molecule has 1 fully saturated rings. The monoisotopic (exact) mass is 265 g/mol. The molecule has 18 heavy (non-hydrogen) atoms. The molecule has 0 radical (unpaired) electrons. The Bertz CT molecular complexity index is 426. The summed E-state index contributed by atoms with van der Waals surface area (Å²) in [6, 6.07) is 8.07. The van der Waals surface area contributed by atoms with Crippen molar-refractivity contribution in [3.05, 3.63) is 34.9 Å². The van der Waals surface area contributed by atoms with Gasteiger partial charge in [-0.25, -0.2) is 0 Å². The topological polar surface area (TPSA) is 20.3 Å². The molecule has 98 valence electrons. The molecule has 1 saturated carbocycles. The molecule has 0 bridgehead atoms. The quantitative estimate of drug-likeness (QED) is 0.798. The minimum Gasteiger partial charge on any atom is -0.339 e. The molecule has 1 aromatic rings. The van der Waals surface area contributed by atoms with E-state index in [2.05, 4.69) is 13.8 Å². The van der Waals surface area contributed by atoms with Crippen molar-refractivity contribution >= 4 is 17.5 Å². The fourth-order valence-corrected chi connectivity index (χ4v) is 2.34. The maximum atomic E-state index is 12.3. The fraction of sp³-hybridized carbons (Fsp3) is 0.533. The summed E-state index contributed by atoms with van der Waals surface area (Å²) in [4.78, 5) is 14.4. The number of carbonyl (C=O) groups excluding carboxylic acids is 1. The lowest BCUT2D eigenvalue weighted by Gasteiger charge is -2.24. The molecular weight excluding hydrogens is 246 g/mol. The lowest BCUT2D eigenvalue weighted by Crippen LogP contribution is -2.37. The highest BCUT2D eigenvalue weighted by molar-refractivity contribution is 6.31. The van der Waals surface area contributed by atoms with Crippen LogP contribution in [0.1, 0.15) is 32.3 Å². The van der Waals surface area contributed by atoms with Crippen molar-refractivity contribution < 1.29 is 4.79 Å². The van der Waals surface area contributed by atoms with E-state index in [0.29, 0.717) is 23.4 Å². The summed E-state index contributed by atoms with van der Waals surface area (Å²) in [6.45, 7) is 5.16. The van der Waals surface area contributed by atoms with Crippen LogP contribution in [0.15, 0.2) is 24.3 Å². The standard InChI is InChI=1S/C15H20ClNO/c1-11(2)10-17(13-7-8-13)15(18)9-12-5-3-4-6-14(12)16/h3-6,11,13H,7-10H2,1-2H3. The summed E-state index contributed by atoms with van der Waals surface area (Å²) in [5.74, 6) is 0.722. The van der Waals surface area contributed by atoms with E-state index in [4.69, 9.17) is 11.6 Å². The van der Waals surface area contributed by atoms with Crippen LogP contribution in [0.2, 0.25) is 5.02 Å². The molecule has 0 saturated heterocycles. The average molecular weight is 266 g/mol. The summed E-state index contributed by atoms with van der Waals surface area (Å²) in [5, 5.41) is 0.686. The van der Waals surface area contributed by atoms with Crippen LogP contribution >= 0.6 is 11.6 Å². The van der Waals surface area contributed by atoms with Crippen molar-refractivity contribution in [1.29, 1.82) is 0 Å². The lowest BCUT2D eigenvalue weighted by molar-refractivity contribution is -0.131. The van der Waals surface area contributed by atoms with Gasteiger partial charge in [0.05, 0.1) is 6.42 Å². The molecule has 0 unspecified atom stereocenters. The van der Waals surface area contributed by atoms with E-state index in [1.807, 2.05) is 29.2 Å². The molecule has 1 aromatic carbocycles. The Hall–Kier alpha value is -1.02. The fourth-order valence-electron chi connectivity index (χ4n) is 2.14. The summed E-state index contributed by atoms with van der Waals surface area (Å²) >= 11 is 6.10. The number of hydrogen-bond acceptors (Lipinski definition) is 1. The van der Waals surface area contributed by atoms with Gasteiger partial charge in [-0.05, 0) is 30.4 Å². The van der Waals surface area contributed by atoms with Crippen LogP contribution in [0.3, 0.4) is 0 Å². The van der Waals surface area contributed by atoms with Gasteiger partial charge in [0, 0.05) is 17.6 Å². The molecule has 1 amide bonds. The van der Waals surface area contributed by atoms with Gasteiger partial charge in [-0.3, -0.25) is 4.79 Å². The maximum Gasteiger partial charge on any atom is 0.227 e. The number of halogens is 1. The van der Waals surface area contributed by atoms with E-state index in [9.17, 15) is 4.79 Å². The smallest absolute Gasteiger partial charge is 0.227 e. The maximum absolute atomic E-state index is 12.3. The SMILES string of the molecule is CC(C)CN(C(=O)Cc1ccccc1Cl)C1CC1. The Morgan fingerprint density at radius 1 is 1.39 bits per heavy atom. The third-order valence-electron chi connectivity index (χ3n) is 3.17. The minimum absolute atomic E-state index is 0.208. The van der Waals surface area contributed by atoms with Gasteiger partial charge >= 0.3 is 0 Å². The molecule has 2 nitrogen and oxygen atoms in total. The van der Waals surface area contributed by atoms with Crippen molar-refractivity contribution in [3.8, 4) is 0 Å². The third-order valence-corrected chi connectivity index (χ3v) is 3.54. The van der Waals surface area contributed by atoms with Gasteiger partial charge in [-0.2, -0.15) is 0 Å². The molecule has 0 heterocycles. The molecule has 1 aliphatic carbocycles. The van der Waals surface area contributed by atoms with Crippen LogP contribution < -0.4 is 0 Å². The Labute approximate surface area is 114 Å². The predicted molar refractivity (Wildman–Crippen MR) is 74.7 cm³/mol. The van der Waals surface area contributed by atoms with Crippen LogP contribution in [-0.4, -0.2) is 23.4 Å². The highest BCUT2D eigenvalue weighted by Gasteiger charge is 2.32. The first-order valence-electron chi connectivity index (χ1n) is 6.61. The lowest BCUT2D eigenvalue weighted by atomic mass is 10.1. The second kappa shape index (κ2) is 5.75. The zero-order chi connectivity index (χ0) is 13.1. The molecular formula is C15H20ClNO. The molecule has 2 rings (SSSR count). The van der Waals surface area contributed by atoms with Crippen molar-refractivity contribution in [2.45, 2.75) is 39.2 Å². The summed E-state index contributed by atoms with van der Waals surface area (Å²) in [5.41, 5.74) is 0.929. The largest absolute Gasteiger partial charge is 0.339 e. The molecule has 0 aliphatic heterocycles. The third kappa shape index (κ3) is 3.49. The van der Waals surface area contributed by atoms with Crippen molar-refractivity contribution in [2.24, 2.45) is 5.92 Å². The number of carbonyl (C=O) groups is 1. The van der Waals surface area contributed by atoms with E-state index in [1.54, 1.807) is 0 Å². The zero-order valence-electron chi connectivity index (χ0n) is 11.0. The Morgan fingerprint density at radius 3 is 2.61 bits per heavy atom. The van der Waals surface area contributed by atoms with Gasteiger partial charge in [0.2, 0.25) is 5.91 Å². The van der Waals surface area contributed by atoms with Gasteiger partial charge in [0.1, 0.15) is 0 Å². The van der Waals surface area contributed by atoms with Gasteiger partial charge in [-0.1, -0.05) is 43.6 Å². The van der Waals surface area contributed by atoms with Crippen LogP contribution in [0.5, 0.6) is 0 Å². The predicted octanol–water partition coefficient (Wildman–Crippen LogP) is 3.53. The van der Waals surface area contributed by atoms with Gasteiger partial charge in [0.15, 0.2) is 0 Å². The second-order valence-corrected chi connectivity index (χ2v) is 5.85. The highest BCUT2D eigenvalue weighted by atomic mass is 35.5.